The van der Waals surface area contributed by atoms with E-state index in [1.54, 1.807) is 6.07 Å². The number of hydrogen-bond acceptors (Lipinski definition) is 1. The lowest BCUT2D eigenvalue weighted by molar-refractivity contribution is -0.107. The van der Waals surface area contributed by atoms with Crippen molar-refractivity contribution in [2.24, 2.45) is 0 Å². The van der Waals surface area contributed by atoms with Crippen LogP contribution in [0.5, 0.6) is 0 Å². The average Bonchev–Trinajstić information content (AvgIpc) is 2.19. The van der Waals surface area contributed by atoms with Crippen LogP contribution in [-0.2, 0) is 4.79 Å². The van der Waals surface area contributed by atoms with Crippen LogP contribution in [0.15, 0.2) is 24.3 Å². The van der Waals surface area contributed by atoms with Gasteiger partial charge in [0.15, 0.2) is 0 Å². The number of carbonyl (C=O) groups excluding carboxylic acids is 1. The maximum absolute atomic E-state index is 12.2. The lowest BCUT2D eigenvalue weighted by Gasteiger charge is -1.98. The quantitative estimate of drug-likeness (QED) is 0.522. The van der Waals surface area contributed by atoms with Gasteiger partial charge < -0.3 is 4.79 Å². The molecule has 72 valence electrons. The van der Waals surface area contributed by atoms with E-state index in [-0.39, 0.29) is 12.0 Å². The van der Waals surface area contributed by atoms with Gasteiger partial charge in [0, 0.05) is 11.1 Å². The summed E-state index contributed by atoms with van der Waals surface area (Å²) in [6, 6.07) is 5.81. The van der Waals surface area contributed by atoms with Crippen molar-refractivity contribution in [3.05, 3.63) is 35.4 Å². The zero-order valence-corrected chi connectivity index (χ0v) is 7.34. The Balaban J connectivity index is 2.85. The van der Waals surface area contributed by atoms with Gasteiger partial charge in [-0.1, -0.05) is 24.0 Å². The van der Waals surface area contributed by atoms with Crippen LogP contribution in [0.3, 0.4) is 0 Å². The van der Waals surface area contributed by atoms with Gasteiger partial charge in [-0.05, 0) is 12.1 Å². The largest absolute Gasteiger partial charge is 0.302 e. The predicted octanol–water partition coefficient (Wildman–Crippen LogP) is 2.56. The molecule has 0 amide bonds. The van der Waals surface area contributed by atoms with Crippen molar-refractivity contribution in [3.8, 4) is 11.8 Å². The smallest absolute Gasteiger partial charge is 0.263 e. The molecule has 0 heterocycles. The van der Waals surface area contributed by atoms with Crippen molar-refractivity contribution in [2.45, 2.75) is 12.8 Å². The third-order valence-corrected chi connectivity index (χ3v) is 1.56. The number of carbonyl (C=O) groups is 1. The highest BCUT2D eigenvalue weighted by Crippen LogP contribution is 2.18. The topological polar surface area (TPSA) is 17.1 Å². The predicted molar refractivity (Wildman–Crippen MR) is 49.0 cm³/mol. The number of rotatable bonds is 2. The van der Waals surface area contributed by atoms with Crippen LogP contribution in [0.25, 0.3) is 0 Å². The first-order chi connectivity index (χ1) is 6.74. The summed E-state index contributed by atoms with van der Waals surface area (Å²) < 4.78 is 24.5. The van der Waals surface area contributed by atoms with Crippen LogP contribution >= 0.6 is 0 Å². The fourth-order valence-electron chi connectivity index (χ4n) is 0.947. The van der Waals surface area contributed by atoms with Crippen LogP contribution in [-0.4, -0.2) is 6.29 Å². The highest BCUT2D eigenvalue weighted by molar-refractivity contribution is 5.55. The van der Waals surface area contributed by atoms with E-state index >= 15 is 0 Å². The second kappa shape index (κ2) is 5.13. The molecule has 1 aromatic carbocycles. The fourth-order valence-corrected chi connectivity index (χ4v) is 0.947. The molecule has 0 aliphatic carbocycles. The molecular weight excluding hydrogens is 186 g/mol. The Morgan fingerprint density at radius 2 is 2.21 bits per heavy atom. The highest BCUT2D eigenvalue weighted by Gasteiger charge is 2.05. The van der Waals surface area contributed by atoms with Crippen molar-refractivity contribution in [3.63, 3.8) is 0 Å². The lowest BCUT2D eigenvalue weighted by atomic mass is 10.1. The summed E-state index contributed by atoms with van der Waals surface area (Å²) in [5.41, 5.74) is 0.451. The van der Waals surface area contributed by atoms with Gasteiger partial charge >= 0.3 is 0 Å². The number of hydrogen-bond donors (Lipinski definition) is 0. The first kappa shape index (κ1) is 10.4. The Morgan fingerprint density at radius 3 is 2.86 bits per heavy atom. The molecule has 0 aromatic heterocycles. The molecule has 0 saturated heterocycles. The molecule has 0 radical (unpaired) electrons. The number of benzene rings is 1. The van der Waals surface area contributed by atoms with Gasteiger partial charge in [-0.15, -0.1) is 0 Å². The minimum absolute atomic E-state index is 0.0529. The van der Waals surface area contributed by atoms with Crippen molar-refractivity contribution < 1.29 is 13.6 Å². The Bertz CT molecular complexity index is 374. The molecule has 14 heavy (non-hydrogen) atoms. The standard InChI is InChI=1S/C11H8F2O/c12-11(13)10-6-3-5-9(8-10)4-1-2-7-14/h3,5-8,11H,2H2. The normalized spacial score (nSPS) is 9.36. The molecule has 0 saturated carbocycles. The van der Waals surface area contributed by atoms with E-state index in [0.717, 1.165) is 0 Å². The fraction of sp³-hybridized carbons (Fsp3) is 0.182. The minimum atomic E-state index is -2.48. The molecule has 0 bridgehead atoms. The summed E-state index contributed by atoms with van der Waals surface area (Å²) >= 11 is 0. The Hall–Kier alpha value is -1.69. The first-order valence-corrected chi connectivity index (χ1v) is 4.04. The maximum Gasteiger partial charge on any atom is 0.263 e. The summed E-state index contributed by atoms with van der Waals surface area (Å²) in [6.45, 7) is 0. The van der Waals surface area contributed by atoms with E-state index in [2.05, 4.69) is 11.8 Å². The second-order valence-corrected chi connectivity index (χ2v) is 2.60. The third kappa shape index (κ3) is 2.98. The number of halogens is 2. The summed E-state index contributed by atoms with van der Waals surface area (Å²) in [5, 5.41) is 0. The van der Waals surface area contributed by atoms with Crippen molar-refractivity contribution in [1.82, 2.24) is 0 Å². The number of aldehydes is 1. The van der Waals surface area contributed by atoms with Crippen LogP contribution in [0, 0.1) is 11.8 Å². The van der Waals surface area contributed by atoms with E-state index in [0.29, 0.717) is 11.8 Å². The van der Waals surface area contributed by atoms with Gasteiger partial charge in [0.25, 0.3) is 6.43 Å². The molecule has 1 nitrogen and oxygen atoms in total. The molecule has 3 heteroatoms. The van der Waals surface area contributed by atoms with Crippen LogP contribution in [0.4, 0.5) is 8.78 Å². The van der Waals surface area contributed by atoms with Gasteiger partial charge in [0.2, 0.25) is 0 Å². The number of alkyl halides is 2. The SMILES string of the molecule is O=CCC#Cc1cccc(C(F)F)c1. The Labute approximate surface area is 80.7 Å². The van der Waals surface area contributed by atoms with Crippen molar-refractivity contribution >= 4 is 6.29 Å². The van der Waals surface area contributed by atoms with E-state index in [9.17, 15) is 13.6 Å². The van der Waals surface area contributed by atoms with Crippen molar-refractivity contribution in [1.29, 1.82) is 0 Å². The summed E-state index contributed by atoms with van der Waals surface area (Å²) in [5.74, 6) is 5.18. The molecule has 0 N–H and O–H groups in total. The van der Waals surface area contributed by atoms with Gasteiger partial charge in [-0.25, -0.2) is 8.78 Å². The molecule has 0 aliphatic rings. The summed E-state index contributed by atoms with van der Waals surface area (Å²) in [4.78, 5) is 9.95. The van der Waals surface area contributed by atoms with Crippen LogP contribution < -0.4 is 0 Å². The zero-order chi connectivity index (χ0) is 10.4. The monoisotopic (exact) mass is 194 g/mol. The molecule has 0 spiro atoms. The van der Waals surface area contributed by atoms with E-state index in [4.69, 9.17) is 0 Å². The van der Waals surface area contributed by atoms with Crippen molar-refractivity contribution in [2.75, 3.05) is 0 Å². The van der Waals surface area contributed by atoms with Gasteiger partial charge in [0.05, 0.1) is 6.42 Å². The molecule has 1 rings (SSSR count). The van der Waals surface area contributed by atoms with Crippen LogP contribution in [0.2, 0.25) is 0 Å². The summed E-state index contributed by atoms with van der Waals surface area (Å²) in [7, 11) is 0. The molecule has 1 aromatic rings. The molecular formula is C11H8F2O. The minimum Gasteiger partial charge on any atom is -0.302 e. The van der Waals surface area contributed by atoms with E-state index in [1.165, 1.54) is 18.2 Å². The molecule has 0 unspecified atom stereocenters. The molecule has 0 atom stereocenters. The molecule has 0 fully saturated rings. The van der Waals surface area contributed by atoms with Crippen LogP contribution in [0.1, 0.15) is 24.0 Å². The van der Waals surface area contributed by atoms with E-state index < -0.39 is 6.43 Å². The molecule has 0 aliphatic heterocycles. The third-order valence-electron chi connectivity index (χ3n) is 1.56. The van der Waals surface area contributed by atoms with Gasteiger partial charge in [-0.2, -0.15) is 0 Å². The second-order valence-electron chi connectivity index (χ2n) is 2.60. The maximum atomic E-state index is 12.2. The highest BCUT2D eigenvalue weighted by atomic mass is 19.3. The van der Waals surface area contributed by atoms with Gasteiger partial charge in [0.1, 0.15) is 6.29 Å². The zero-order valence-electron chi connectivity index (χ0n) is 7.34. The van der Waals surface area contributed by atoms with Gasteiger partial charge in [-0.3, -0.25) is 0 Å². The average molecular weight is 194 g/mol. The first-order valence-electron chi connectivity index (χ1n) is 4.04. The lowest BCUT2D eigenvalue weighted by Crippen LogP contribution is -1.84. The Kier molecular flexibility index (Phi) is 3.81. The summed E-state index contributed by atoms with van der Waals surface area (Å²) in [6.07, 6.45) is -1.69. The Morgan fingerprint density at radius 1 is 1.43 bits per heavy atom. The van der Waals surface area contributed by atoms with E-state index in [1.807, 2.05) is 0 Å².